The third-order valence-electron chi connectivity index (χ3n) is 4.68. The Balaban J connectivity index is 1.56. The minimum Gasteiger partial charge on any atom is -0.345 e. The van der Waals surface area contributed by atoms with Crippen LogP contribution in [0.5, 0.6) is 0 Å². The smallest absolute Gasteiger partial charge is 0.327 e. The van der Waals surface area contributed by atoms with Crippen molar-refractivity contribution in [3.05, 3.63) is 30.1 Å². The lowest BCUT2D eigenvalue weighted by atomic mass is 10.1. The molecule has 3 heterocycles. The molecule has 0 bridgehead atoms. The maximum Gasteiger partial charge on any atom is 0.327 e. The molecule has 2 fully saturated rings. The molecule has 2 aliphatic heterocycles. The highest BCUT2D eigenvalue weighted by Crippen LogP contribution is 2.23. The summed E-state index contributed by atoms with van der Waals surface area (Å²) in [6.07, 6.45) is 1.58. The second-order valence-corrected chi connectivity index (χ2v) is 5.96. The first-order chi connectivity index (χ1) is 11.6. The summed E-state index contributed by atoms with van der Waals surface area (Å²) in [7, 11) is 0. The Kier molecular flexibility index (Phi) is 3.26. The van der Waals surface area contributed by atoms with Crippen molar-refractivity contribution >= 4 is 28.9 Å². The number of nitrogens with one attached hydrogen (secondary N) is 1. The molecule has 1 aromatic carbocycles. The highest BCUT2D eigenvalue weighted by molar-refractivity contribution is 6.05. The second kappa shape index (κ2) is 5.33. The molecule has 124 valence electrons. The summed E-state index contributed by atoms with van der Waals surface area (Å²) in [5.41, 5.74) is 2.14. The Bertz CT molecular complexity index is 845. The van der Waals surface area contributed by atoms with Gasteiger partial charge in [0.05, 0.1) is 23.9 Å². The van der Waals surface area contributed by atoms with Gasteiger partial charge in [-0.05, 0) is 25.1 Å². The van der Waals surface area contributed by atoms with E-state index in [1.165, 1.54) is 4.90 Å². The van der Waals surface area contributed by atoms with Gasteiger partial charge in [-0.15, -0.1) is 0 Å². The zero-order chi connectivity index (χ0) is 16.8. The van der Waals surface area contributed by atoms with Gasteiger partial charge < -0.3 is 14.8 Å². The van der Waals surface area contributed by atoms with Crippen molar-refractivity contribution in [3.63, 3.8) is 0 Å². The predicted molar refractivity (Wildman–Crippen MR) is 85.3 cm³/mol. The van der Waals surface area contributed by atoms with Gasteiger partial charge in [-0.2, -0.15) is 0 Å². The van der Waals surface area contributed by atoms with Gasteiger partial charge in [-0.25, -0.2) is 9.78 Å². The fraction of sp³-hybridized carbons (Fsp3) is 0.375. The van der Waals surface area contributed by atoms with Gasteiger partial charge in [0, 0.05) is 25.2 Å². The van der Waals surface area contributed by atoms with Crippen LogP contribution in [0.1, 0.15) is 17.3 Å². The van der Waals surface area contributed by atoms with Gasteiger partial charge in [0.1, 0.15) is 6.04 Å². The number of rotatable bonds is 2. The number of fused-ring (bicyclic) bond motifs is 2. The topological polar surface area (TPSA) is 89.6 Å². The number of imidazole rings is 1. The van der Waals surface area contributed by atoms with Crippen molar-refractivity contribution in [2.24, 2.45) is 0 Å². The van der Waals surface area contributed by atoms with Gasteiger partial charge in [0.25, 0.3) is 11.8 Å². The number of hydrogen-bond donors (Lipinski definition) is 1. The first-order valence-electron chi connectivity index (χ1n) is 7.94. The number of nitrogens with zero attached hydrogens (tertiary/aromatic N) is 4. The Labute approximate surface area is 138 Å². The number of aromatic nitrogens is 2. The van der Waals surface area contributed by atoms with Crippen molar-refractivity contribution in [1.29, 1.82) is 0 Å². The summed E-state index contributed by atoms with van der Waals surface area (Å²) in [6, 6.07) is 4.47. The molecule has 0 saturated carbocycles. The Morgan fingerprint density at radius 3 is 2.96 bits per heavy atom. The van der Waals surface area contributed by atoms with Crippen LogP contribution in [0.15, 0.2) is 24.5 Å². The molecule has 1 N–H and O–H groups in total. The van der Waals surface area contributed by atoms with Crippen LogP contribution in [-0.2, 0) is 4.79 Å². The van der Waals surface area contributed by atoms with E-state index < -0.39 is 6.04 Å². The van der Waals surface area contributed by atoms with Crippen LogP contribution in [0, 0.1) is 0 Å². The lowest BCUT2D eigenvalue weighted by molar-refractivity contribution is -0.129. The van der Waals surface area contributed by atoms with E-state index in [2.05, 4.69) is 9.97 Å². The number of carbonyl (C=O) groups excluding carboxylic acids is 3. The SMILES string of the molecule is CCN1C(=O)C2CN(C(=O)c3ccc4nc[nH]c4c3)CCN2C1=O. The van der Waals surface area contributed by atoms with E-state index >= 15 is 0 Å². The van der Waals surface area contributed by atoms with E-state index in [9.17, 15) is 14.4 Å². The fourth-order valence-electron chi connectivity index (χ4n) is 3.38. The molecule has 0 spiro atoms. The molecule has 0 radical (unpaired) electrons. The summed E-state index contributed by atoms with van der Waals surface area (Å²) in [6.45, 7) is 3.17. The Morgan fingerprint density at radius 2 is 2.17 bits per heavy atom. The molecule has 2 saturated heterocycles. The highest BCUT2D eigenvalue weighted by Gasteiger charge is 2.47. The lowest BCUT2D eigenvalue weighted by Gasteiger charge is -2.35. The molecule has 2 aromatic rings. The van der Waals surface area contributed by atoms with Crippen LogP contribution >= 0.6 is 0 Å². The minimum absolute atomic E-state index is 0.138. The Morgan fingerprint density at radius 1 is 1.33 bits per heavy atom. The number of urea groups is 1. The molecule has 4 rings (SSSR count). The van der Waals surface area contributed by atoms with E-state index in [4.69, 9.17) is 0 Å². The number of carbonyl (C=O) groups is 3. The van der Waals surface area contributed by atoms with Gasteiger partial charge >= 0.3 is 6.03 Å². The van der Waals surface area contributed by atoms with Gasteiger partial charge in [-0.3, -0.25) is 14.5 Å². The van der Waals surface area contributed by atoms with Gasteiger partial charge in [0.2, 0.25) is 0 Å². The van der Waals surface area contributed by atoms with Gasteiger partial charge in [-0.1, -0.05) is 0 Å². The standard InChI is InChI=1S/C16H17N5O3/c1-2-20-15(23)13-8-19(5-6-21(13)16(20)24)14(22)10-3-4-11-12(7-10)18-9-17-11/h3-4,7,9,13H,2,5-6,8H2,1H3,(H,17,18). The summed E-state index contributed by atoms with van der Waals surface area (Å²) >= 11 is 0. The largest absolute Gasteiger partial charge is 0.345 e. The fourth-order valence-corrected chi connectivity index (χ4v) is 3.38. The Hall–Kier alpha value is -2.90. The van der Waals surface area contributed by atoms with Crippen LogP contribution in [0.3, 0.4) is 0 Å². The maximum atomic E-state index is 12.8. The number of H-pyrrole nitrogens is 1. The first-order valence-corrected chi connectivity index (χ1v) is 7.94. The lowest BCUT2D eigenvalue weighted by Crippen LogP contribution is -2.54. The average Bonchev–Trinajstić information content (AvgIpc) is 3.16. The van der Waals surface area contributed by atoms with Crippen molar-refractivity contribution in [3.8, 4) is 0 Å². The zero-order valence-corrected chi connectivity index (χ0v) is 13.2. The number of piperazine rings is 1. The van der Waals surface area contributed by atoms with Gasteiger partial charge in [0.15, 0.2) is 0 Å². The maximum absolute atomic E-state index is 12.8. The molecule has 1 aromatic heterocycles. The van der Waals surface area contributed by atoms with Crippen molar-refractivity contribution in [2.75, 3.05) is 26.2 Å². The first kappa shape index (κ1) is 14.7. The molecular weight excluding hydrogens is 310 g/mol. The number of aromatic amines is 1. The predicted octanol–water partition coefficient (Wildman–Crippen LogP) is 0.671. The number of hydrogen-bond acceptors (Lipinski definition) is 4. The van der Waals surface area contributed by atoms with Crippen molar-refractivity contribution < 1.29 is 14.4 Å². The van der Waals surface area contributed by atoms with Crippen LogP contribution < -0.4 is 0 Å². The second-order valence-electron chi connectivity index (χ2n) is 5.96. The molecule has 0 aliphatic carbocycles. The zero-order valence-electron chi connectivity index (χ0n) is 13.2. The normalized spacial score (nSPS) is 20.9. The molecule has 8 nitrogen and oxygen atoms in total. The van der Waals surface area contributed by atoms with Crippen LogP contribution in [0.4, 0.5) is 4.79 Å². The molecule has 1 atom stereocenters. The molecule has 8 heteroatoms. The van der Waals surface area contributed by atoms with E-state index in [0.29, 0.717) is 25.2 Å². The number of amides is 4. The third kappa shape index (κ3) is 2.06. The van der Waals surface area contributed by atoms with Crippen molar-refractivity contribution in [2.45, 2.75) is 13.0 Å². The molecule has 1 unspecified atom stereocenters. The van der Waals surface area contributed by atoms with E-state index in [1.807, 2.05) is 0 Å². The monoisotopic (exact) mass is 327 g/mol. The van der Waals surface area contributed by atoms with Crippen LogP contribution in [0.25, 0.3) is 11.0 Å². The van der Waals surface area contributed by atoms with E-state index in [0.717, 1.165) is 11.0 Å². The average molecular weight is 327 g/mol. The van der Waals surface area contributed by atoms with E-state index in [-0.39, 0.29) is 24.4 Å². The van der Waals surface area contributed by atoms with Crippen molar-refractivity contribution in [1.82, 2.24) is 24.7 Å². The van der Waals surface area contributed by atoms with E-state index in [1.54, 1.807) is 41.2 Å². The quantitative estimate of drug-likeness (QED) is 0.821. The molecule has 24 heavy (non-hydrogen) atoms. The molecular formula is C16H17N5O3. The summed E-state index contributed by atoms with van der Waals surface area (Å²) in [4.78, 5) is 48.8. The highest BCUT2D eigenvalue weighted by atomic mass is 16.2. The summed E-state index contributed by atoms with van der Waals surface area (Å²) < 4.78 is 0. The molecule has 2 aliphatic rings. The minimum atomic E-state index is -0.564. The molecule has 4 amide bonds. The summed E-state index contributed by atoms with van der Waals surface area (Å²) in [5, 5.41) is 0. The number of benzene rings is 1. The number of imide groups is 1. The third-order valence-corrected chi connectivity index (χ3v) is 4.68. The van der Waals surface area contributed by atoms with Crippen LogP contribution in [0.2, 0.25) is 0 Å². The van der Waals surface area contributed by atoms with Crippen LogP contribution in [-0.4, -0.2) is 74.7 Å². The summed E-state index contributed by atoms with van der Waals surface area (Å²) in [5.74, 6) is -0.356. The number of likely N-dealkylation sites (N-methyl/N-ethyl adjacent to an activating group) is 1.